The summed E-state index contributed by atoms with van der Waals surface area (Å²) < 4.78 is 0. The minimum atomic E-state index is -0.423. The Morgan fingerprint density at radius 2 is 0.686 bits per heavy atom. The summed E-state index contributed by atoms with van der Waals surface area (Å²) in [4.78, 5) is 5.34. The molecule has 4 heterocycles. The predicted octanol–water partition coefficient (Wildman–Crippen LogP) is 6.15. The molecule has 4 aromatic carbocycles. The zero-order chi connectivity index (χ0) is 23.4. The first-order valence-electron chi connectivity index (χ1n) is 12.7. The molecule has 8 rings (SSSR count). The maximum Gasteiger partial charge on any atom is 0.0669 e. The number of nitrogens with zero attached hydrogens (tertiary/aromatic N) is 2. The van der Waals surface area contributed by atoms with Crippen LogP contribution in [0.4, 0.5) is 0 Å². The number of rotatable bonds is 4. The van der Waals surface area contributed by atoms with Crippen LogP contribution in [-0.4, -0.2) is 27.7 Å². The standard InChI is InChI=1S/C32H30N2O/c35-32-26-28(22-13-5-1-6-14-22)33-21-34(29(26)23-15-7-2-8-16-23)31(25-19-11-4-12-20-25)27(32)30(33)24-17-9-3-10-18-24/h1-20,26-32,35H,21H2. The Kier molecular flexibility index (Phi) is 5.09. The normalized spacial score (nSPS) is 35.2. The first-order chi connectivity index (χ1) is 17.3. The molecular formula is C32H30N2O. The molecule has 0 amide bonds. The molecule has 4 aromatic rings. The van der Waals surface area contributed by atoms with Gasteiger partial charge in [-0.1, -0.05) is 121 Å². The smallest absolute Gasteiger partial charge is 0.0669 e. The number of benzene rings is 4. The quantitative estimate of drug-likeness (QED) is 0.397. The summed E-state index contributed by atoms with van der Waals surface area (Å²) in [5.74, 6) is 0.192. The van der Waals surface area contributed by atoms with Crippen molar-refractivity contribution >= 4 is 0 Å². The summed E-state index contributed by atoms with van der Waals surface area (Å²) in [6.45, 7) is 0.873. The van der Waals surface area contributed by atoms with E-state index in [0.29, 0.717) is 0 Å². The van der Waals surface area contributed by atoms with Gasteiger partial charge in [-0.3, -0.25) is 9.80 Å². The minimum absolute atomic E-state index is 0.0958. The highest BCUT2D eigenvalue weighted by Crippen LogP contribution is 2.65. The third kappa shape index (κ3) is 3.23. The van der Waals surface area contributed by atoms with Gasteiger partial charge in [0.2, 0.25) is 0 Å². The molecule has 0 spiro atoms. The second kappa shape index (κ2) is 8.46. The van der Waals surface area contributed by atoms with Crippen molar-refractivity contribution in [2.75, 3.05) is 6.67 Å². The van der Waals surface area contributed by atoms with Gasteiger partial charge >= 0.3 is 0 Å². The lowest BCUT2D eigenvalue weighted by Crippen LogP contribution is -2.71. The van der Waals surface area contributed by atoms with Gasteiger partial charge in [0.25, 0.3) is 0 Å². The molecule has 4 unspecified atom stereocenters. The van der Waals surface area contributed by atoms with E-state index < -0.39 is 6.10 Å². The topological polar surface area (TPSA) is 26.7 Å². The van der Waals surface area contributed by atoms with Gasteiger partial charge in [-0.15, -0.1) is 0 Å². The van der Waals surface area contributed by atoms with Crippen LogP contribution in [0.15, 0.2) is 121 Å². The van der Waals surface area contributed by atoms with Gasteiger partial charge < -0.3 is 5.11 Å². The second-order valence-corrected chi connectivity index (χ2v) is 10.2. The highest BCUT2D eigenvalue weighted by atomic mass is 16.3. The molecule has 35 heavy (non-hydrogen) atoms. The van der Waals surface area contributed by atoms with Crippen LogP contribution in [0.5, 0.6) is 0 Å². The van der Waals surface area contributed by atoms with Crippen LogP contribution in [0.25, 0.3) is 0 Å². The van der Waals surface area contributed by atoms with Crippen LogP contribution in [0.3, 0.4) is 0 Å². The molecule has 4 saturated heterocycles. The fourth-order valence-electron chi connectivity index (χ4n) is 7.38. The third-order valence-electron chi connectivity index (χ3n) is 8.57. The van der Waals surface area contributed by atoms with E-state index in [2.05, 4.69) is 131 Å². The van der Waals surface area contributed by atoms with Crippen LogP contribution in [0, 0.1) is 11.8 Å². The number of aliphatic hydroxyl groups excluding tert-OH is 1. The molecule has 3 heteroatoms. The Morgan fingerprint density at radius 3 is 0.943 bits per heavy atom. The Labute approximate surface area is 207 Å². The van der Waals surface area contributed by atoms with Crippen molar-refractivity contribution in [1.29, 1.82) is 0 Å². The molecule has 0 aromatic heterocycles. The molecule has 0 aliphatic carbocycles. The van der Waals surface area contributed by atoms with E-state index in [0.717, 1.165) is 6.67 Å². The number of hydrogen-bond donors (Lipinski definition) is 1. The fourth-order valence-corrected chi connectivity index (χ4v) is 7.38. The number of hydrogen-bond acceptors (Lipinski definition) is 3. The van der Waals surface area contributed by atoms with Gasteiger partial charge in [0.15, 0.2) is 0 Å². The molecular weight excluding hydrogens is 428 g/mol. The number of piperidine rings is 2. The first kappa shape index (κ1) is 21.1. The van der Waals surface area contributed by atoms with Crippen molar-refractivity contribution < 1.29 is 5.11 Å². The van der Waals surface area contributed by atoms with E-state index in [-0.39, 0.29) is 36.0 Å². The van der Waals surface area contributed by atoms with E-state index >= 15 is 0 Å². The fraction of sp³-hybridized carbons (Fsp3) is 0.250. The minimum Gasteiger partial charge on any atom is -0.392 e. The Hall–Kier alpha value is -3.24. The summed E-state index contributed by atoms with van der Waals surface area (Å²) in [5, 5.41) is 12.3. The van der Waals surface area contributed by atoms with E-state index in [1.807, 2.05) is 0 Å². The molecule has 0 saturated carbocycles. The van der Waals surface area contributed by atoms with Crippen molar-refractivity contribution in [3.05, 3.63) is 144 Å². The largest absolute Gasteiger partial charge is 0.392 e. The Bertz CT molecular complexity index is 1080. The molecule has 3 nitrogen and oxygen atoms in total. The first-order valence-corrected chi connectivity index (χ1v) is 12.7. The zero-order valence-electron chi connectivity index (χ0n) is 19.6. The van der Waals surface area contributed by atoms with Gasteiger partial charge in [-0.2, -0.15) is 0 Å². The van der Waals surface area contributed by atoms with Crippen LogP contribution in [-0.2, 0) is 0 Å². The van der Waals surface area contributed by atoms with Crippen LogP contribution in [0.2, 0.25) is 0 Å². The maximum absolute atomic E-state index is 12.3. The zero-order valence-corrected chi connectivity index (χ0v) is 19.6. The third-order valence-corrected chi connectivity index (χ3v) is 8.57. The monoisotopic (exact) mass is 458 g/mol. The SMILES string of the molecule is OC1C2C(c3ccccc3)N3CN(C2c2ccccc2)C(c2ccccc2)C1C3c1ccccc1. The van der Waals surface area contributed by atoms with E-state index in [9.17, 15) is 5.11 Å². The van der Waals surface area contributed by atoms with Crippen molar-refractivity contribution in [3.63, 3.8) is 0 Å². The molecule has 1 N–H and O–H groups in total. The molecule has 174 valence electrons. The summed E-state index contributed by atoms with van der Waals surface area (Å²) >= 11 is 0. The number of aliphatic hydroxyl groups is 1. The second-order valence-electron chi connectivity index (χ2n) is 10.2. The lowest BCUT2D eigenvalue weighted by atomic mass is 9.59. The summed E-state index contributed by atoms with van der Waals surface area (Å²) in [6.07, 6.45) is -0.423. The van der Waals surface area contributed by atoms with Crippen molar-refractivity contribution in [2.24, 2.45) is 11.8 Å². The van der Waals surface area contributed by atoms with Gasteiger partial charge in [0, 0.05) is 36.0 Å². The summed E-state index contributed by atoms with van der Waals surface area (Å²) in [5.41, 5.74) is 5.20. The highest BCUT2D eigenvalue weighted by molar-refractivity contribution is 5.37. The van der Waals surface area contributed by atoms with E-state index in [1.165, 1.54) is 22.3 Å². The predicted molar refractivity (Wildman–Crippen MR) is 138 cm³/mol. The molecule has 0 radical (unpaired) electrons. The maximum atomic E-state index is 12.3. The van der Waals surface area contributed by atoms with Crippen LogP contribution < -0.4 is 0 Å². The molecule has 4 fully saturated rings. The average Bonchev–Trinajstić information content (AvgIpc) is 2.93. The van der Waals surface area contributed by atoms with Gasteiger partial charge in [0.05, 0.1) is 12.8 Å². The van der Waals surface area contributed by atoms with Crippen molar-refractivity contribution in [2.45, 2.75) is 30.3 Å². The van der Waals surface area contributed by atoms with Crippen LogP contribution >= 0.6 is 0 Å². The molecule has 4 aliphatic heterocycles. The lowest BCUT2D eigenvalue weighted by molar-refractivity contribution is -0.260. The Balaban J connectivity index is 1.44. The highest BCUT2D eigenvalue weighted by Gasteiger charge is 2.64. The Morgan fingerprint density at radius 1 is 0.429 bits per heavy atom. The van der Waals surface area contributed by atoms with Crippen LogP contribution in [0.1, 0.15) is 46.4 Å². The lowest BCUT2D eigenvalue weighted by Gasteiger charge is -2.69. The summed E-state index contributed by atoms with van der Waals surface area (Å²) in [6, 6.07) is 44.0. The summed E-state index contributed by atoms with van der Waals surface area (Å²) in [7, 11) is 0. The molecule has 4 bridgehead atoms. The van der Waals surface area contributed by atoms with Gasteiger partial charge in [-0.05, 0) is 22.3 Å². The van der Waals surface area contributed by atoms with Gasteiger partial charge in [-0.25, -0.2) is 0 Å². The van der Waals surface area contributed by atoms with Crippen molar-refractivity contribution in [1.82, 2.24) is 9.80 Å². The molecule has 4 atom stereocenters. The average molecular weight is 459 g/mol. The van der Waals surface area contributed by atoms with Gasteiger partial charge in [0.1, 0.15) is 0 Å². The van der Waals surface area contributed by atoms with E-state index in [4.69, 9.17) is 0 Å². The van der Waals surface area contributed by atoms with E-state index in [1.54, 1.807) is 0 Å². The molecule has 4 aliphatic rings. The van der Waals surface area contributed by atoms with Crippen molar-refractivity contribution in [3.8, 4) is 0 Å².